The maximum Gasteiger partial charge on any atom is 0.0635 e. The lowest BCUT2D eigenvalue weighted by atomic mass is 10.1. The molecule has 0 bridgehead atoms. The first-order valence-corrected chi connectivity index (χ1v) is 4.45. The second kappa shape index (κ2) is 4.35. The molecule has 0 aromatic rings. The molecule has 62 valence electrons. The van der Waals surface area contributed by atoms with Crippen LogP contribution in [0.3, 0.4) is 0 Å². The van der Waals surface area contributed by atoms with Gasteiger partial charge in [-0.25, -0.2) is 0 Å². The van der Waals surface area contributed by atoms with Crippen molar-refractivity contribution in [1.82, 2.24) is 5.32 Å². The monoisotopic (exact) mass is 152 g/mol. The highest BCUT2D eigenvalue weighted by atomic mass is 14.9. The van der Waals surface area contributed by atoms with Crippen molar-refractivity contribution >= 4 is 0 Å². The van der Waals surface area contributed by atoms with Crippen molar-refractivity contribution in [3.05, 3.63) is 0 Å². The third kappa shape index (κ3) is 2.51. The summed E-state index contributed by atoms with van der Waals surface area (Å²) in [5.41, 5.74) is 0. The molecule has 1 aliphatic carbocycles. The topological polar surface area (TPSA) is 35.8 Å². The first-order chi connectivity index (χ1) is 5.34. The summed E-state index contributed by atoms with van der Waals surface area (Å²) in [4.78, 5) is 0. The van der Waals surface area contributed by atoms with Crippen molar-refractivity contribution in [3.8, 4) is 6.07 Å². The number of nitrogens with zero attached hydrogens (tertiary/aromatic N) is 1. The summed E-state index contributed by atoms with van der Waals surface area (Å²) in [6.07, 6.45) is 4.64. The highest BCUT2D eigenvalue weighted by molar-refractivity contribution is 4.81. The Balaban J connectivity index is 2.11. The lowest BCUT2D eigenvalue weighted by Crippen LogP contribution is -2.31. The summed E-state index contributed by atoms with van der Waals surface area (Å²) >= 11 is 0. The molecule has 2 unspecified atom stereocenters. The zero-order valence-electron chi connectivity index (χ0n) is 7.14. The van der Waals surface area contributed by atoms with Gasteiger partial charge in [0.1, 0.15) is 0 Å². The van der Waals surface area contributed by atoms with Gasteiger partial charge in [-0.3, -0.25) is 0 Å². The highest BCUT2D eigenvalue weighted by Gasteiger charge is 2.21. The molecule has 0 amide bonds. The molecule has 0 radical (unpaired) electrons. The quantitative estimate of drug-likeness (QED) is 0.624. The van der Waals surface area contributed by atoms with Crippen LogP contribution in [-0.4, -0.2) is 12.6 Å². The van der Waals surface area contributed by atoms with Gasteiger partial charge < -0.3 is 5.32 Å². The van der Waals surface area contributed by atoms with Crippen LogP contribution in [0.5, 0.6) is 0 Å². The van der Waals surface area contributed by atoms with E-state index in [1.807, 2.05) is 0 Å². The molecule has 2 atom stereocenters. The van der Waals surface area contributed by atoms with Gasteiger partial charge in [0.15, 0.2) is 0 Å². The third-order valence-corrected chi connectivity index (χ3v) is 2.50. The SMILES string of the molecule is CC1CCCC1NCCC#N. The van der Waals surface area contributed by atoms with E-state index in [0.29, 0.717) is 12.5 Å². The lowest BCUT2D eigenvalue weighted by Gasteiger charge is -2.15. The van der Waals surface area contributed by atoms with Crippen LogP contribution in [0.4, 0.5) is 0 Å². The number of rotatable bonds is 3. The Labute approximate surface area is 68.6 Å². The van der Waals surface area contributed by atoms with E-state index in [4.69, 9.17) is 5.26 Å². The van der Waals surface area contributed by atoms with Crippen molar-refractivity contribution in [2.24, 2.45) is 5.92 Å². The van der Waals surface area contributed by atoms with Crippen LogP contribution in [0.15, 0.2) is 0 Å². The van der Waals surface area contributed by atoms with Gasteiger partial charge >= 0.3 is 0 Å². The summed E-state index contributed by atoms with van der Waals surface area (Å²) in [6, 6.07) is 2.83. The molecule has 0 spiro atoms. The molecule has 0 aliphatic heterocycles. The number of nitriles is 1. The molecular formula is C9H16N2. The average molecular weight is 152 g/mol. The maximum absolute atomic E-state index is 8.32. The summed E-state index contributed by atoms with van der Waals surface area (Å²) in [5.74, 6) is 0.814. The van der Waals surface area contributed by atoms with Gasteiger partial charge in [0, 0.05) is 19.0 Å². The van der Waals surface area contributed by atoms with E-state index in [2.05, 4.69) is 18.3 Å². The summed E-state index contributed by atoms with van der Waals surface area (Å²) in [6.45, 7) is 3.16. The lowest BCUT2D eigenvalue weighted by molar-refractivity contribution is 0.432. The Morgan fingerprint density at radius 1 is 1.55 bits per heavy atom. The molecule has 11 heavy (non-hydrogen) atoms. The van der Waals surface area contributed by atoms with E-state index in [0.717, 1.165) is 12.5 Å². The molecule has 1 rings (SSSR count). The zero-order chi connectivity index (χ0) is 8.10. The van der Waals surface area contributed by atoms with Crippen LogP contribution >= 0.6 is 0 Å². The zero-order valence-corrected chi connectivity index (χ0v) is 7.14. The fourth-order valence-electron chi connectivity index (χ4n) is 1.76. The summed E-state index contributed by atoms with van der Waals surface area (Å²) < 4.78 is 0. The van der Waals surface area contributed by atoms with Gasteiger partial charge in [0.2, 0.25) is 0 Å². The van der Waals surface area contributed by atoms with Crippen LogP contribution in [0.1, 0.15) is 32.6 Å². The van der Waals surface area contributed by atoms with Crippen molar-refractivity contribution in [2.45, 2.75) is 38.6 Å². The predicted octanol–water partition coefficient (Wildman–Crippen LogP) is 1.68. The van der Waals surface area contributed by atoms with E-state index in [1.165, 1.54) is 19.3 Å². The van der Waals surface area contributed by atoms with E-state index in [-0.39, 0.29) is 0 Å². The smallest absolute Gasteiger partial charge is 0.0635 e. The molecule has 0 heterocycles. The van der Waals surface area contributed by atoms with Crippen LogP contribution in [0.2, 0.25) is 0 Å². The second-order valence-electron chi connectivity index (χ2n) is 3.38. The molecular weight excluding hydrogens is 136 g/mol. The van der Waals surface area contributed by atoms with Gasteiger partial charge in [-0.1, -0.05) is 13.3 Å². The Hall–Kier alpha value is -0.550. The fourth-order valence-corrected chi connectivity index (χ4v) is 1.76. The Morgan fingerprint density at radius 3 is 2.91 bits per heavy atom. The van der Waals surface area contributed by atoms with E-state index in [9.17, 15) is 0 Å². The normalized spacial score (nSPS) is 30.2. The molecule has 0 aromatic heterocycles. The van der Waals surface area contributed by atoms with Crippen molar-refractivity contribution in [3.63, 3.8) is 0 Å². The molecule has 0 aromatic carbocycles. The molecule has 1 aliphatic rings. The summed E-state index contributed by atoms with van der Waals surface area (Å²) in [7, 11) is 0. The van der Waals surface area contributed by atoms with Crippen LogP contribution in [0.25, 0.3) is 0 Å². The number of hydrogen-bond acceptors (Lipinski definition) is 2. The molecule has 1 saturated carbocycles. The molecule has 2 heteroatoms. The van der Waals surface area contributed by atoms with Gasteiger partial charge in [-0.15, -0.1) is 0 Å². The van der Waals surface area contributed by atoms with Gasteiger partial charge in [-0.05, 0) is 18.8 Å². The third-order valence-electron chi connectivity index (χ3n) is 2.50. The number of nitrogens with one attached hydrogen (secondary N) is 1. The minimum absolute atomic E-state index is 0.642. The van der Waals surface area contributed by atoms with Crippen molar-refractivity contribution in [2.75, 3.05) is 6.54 Å². The van der Waals surface area contributed by atoms with Crippen molar-refractivity contribution < 1.29 is 0 Å². The largest absolute Gasteiger partial charge is 0.313 e. The van der Waals surface area contributed by atoms with E-state index >= 15 is 0 Å². The van der Waals surface area contributed by atoms with Gasteiger partial charge in [0.05, 0.1) is 6.07 Å². The predicted molar refractivity (Wildman–Crippen MR) is 45.0 cm³/mol. The molecule has 1 fully saturated rings. The highest BCUT2D eigenvalue weighted by Crippen LogP contribution is 2.24. The number of hydrogen-bond donors (Lipinski definition) is 1. The van der Waals surface area contributed by atoms with E-state index < -0.39 is 0 Å². The first-order valence-electron chi connectivity index (χ1n) is 4.45. The minimum Gasteiger partial charge on any atom is -0.313 e. The Bertz CT molecular complexity index is 148. The van der Waals surface area contributed by atoms with Crippen molar-refractivity contribution in [1.29, 1.82) is 5.26 Å². The van der Waals surface area contributed by atoms with Crippen LogP contribution in [-0.2, 0) is 0 Å². The Morgan fingerprint density at radius 2 is 2.36 bits per heavy atom. The van der Waals surface area contributed by atoms with Crippen LogP contribution in [0, 0.1) is 17.2 Å². The minimum atomic E-state index is 0.642. The van der Waals surface area contributed by atoms with Crippen LogP contribution < -0.4 is 5.32 Å². The van der Waals surface area contributed by atoms with Gasteiger partial charge in [-0.2, -0.15) is 5.26 Å². The molecule has 0 saturated heterocycles. The average Bonchev–Trinajstić information content (AvgIpc) is 2.37. The Kier molecular flexibility index (Phi) is 3.38. The first kappa shape index (κ1) is 8.55. The second-order valence-corrected chi connectivity index (χ2v) is 3.38. The fraction of sp³-hybridized carbons (Fsp3) is 0.889. The molecule has 2 nitrogen and oxygen atoms in total. The molecule has 1 N–H and O–H groups in total. The van der Waals surface area contributed by atoms with E-state index in [1.54, 1.807) is 0 Å². The summed E-state index contributed by atoms with van der Waals surface area (Å²) in [5, 5.41) is 11.7. The standard InChI is InChI=1S/C9H16N2/c1-8-4-2-5-9(8)11-7-3-6-10/h8-9,11H,2-5,7H2,1H3. The van der Waals surface area contributed by atoms with Gasteiger partial charge in [0.25, 0.3) is 0 Å². The maximum atomic E-state index is 8.32.